The van der Waals surface area contributed by atoms with Crippen LogP contribution in [0.1, 0.15) is 13.8 Å². The van der Waals surface area contributed by atoms with Gasteiger partial charge in [0.2, 0.25) is 5.96 Å². The average molecular weight is 385 g/mol. The van der Waals surface area contributed by atoms with E-state index >= 15 is 0 Å². The van der Waals surface area contributed by atoms with Crippen molar-refractivity contribution in [3.05, 3.63) is 24.3 Å². The number of benzene rings is 1. The summed E-state index contributed by atoms with van der Waals surface area (Å²) in [6, 6.07) is 8.04. The van der Waals surface area contributed by atoms with E-state index in [1.165, 1.54) is 0 Å². The molecule has 1 aromatic carbocycles. The van der Waals surface area contributed by atoms with E-state index in [-0.39, 0.29) is 35.0 Å². The van der Waals surface area contributed by atoms with Gasteiger partial charge in [-0.15, -0.1) is 17.0 Å². The zero-order valence-electron chi connectivity index (χ0n) is 13.5. The molecule has 0 aliphatic carbocycles. The number of nitrogens with zero attached hydrogens (tertiary/aromatic N) is 3. The van der Waals surface area contributed by atoms with Crippen LogP contribution in [0.15, 0.2) is 29.3 Å². The molecule has 7 nitrogen and oxygen atoms in total. The summed E-state index contributed by atoms with van der Waals surface area (Å²) in [6.45, 7) is 7.02. The Bertz CT molecular complexity index is 551. The summed E-state index contributed by atoms with van der Waals surface area (Å²) in [5, 5.41) is 7.85. The number of nitrogens with two attached hydrogens (primary N) is 2. The molecule has 1 aromatic rings. The molecule has 1 heterocycles. The predicted molar refractivity (Wildman–Crippen MR) is 99.9 cm³/mol. The maximum atomic E-state index is 7.85. The number of hydrogen-bond acceptors (Lipinski definition) is 3. The zero-order chi connectivity index (χ0) is 16.1. The summed E-state index contributed by atoms with van der Waals surface area (Å²) in [6.07, 6.45) is 0.137. The second-order valence-electron chi connectivity index (χ2n) is 5.47. The number of ether oxygens (including phenoxy) is 1. The fourth-order valence-electron chi connectivity index (χ4n) is 2.42. The van der Waals surface area contributed by atoms with Crippen LogP contribution in [0.25, 0.3) is 0 Å². The third-order valence-corrected chi connectivity index (χ3v) is 3.38. The van der Waals surface area contributed by atoms with Gasteiger partial charge in [-0.1, -0.05) is 12.1 Å². The molecular formula is C15H25BrN6O. The third kappa shape index (κ3) is 5.31. The molecule has 0 bridgehead atoms. The van der Waals surface area contributed by atoms with E-state index in [0.717, 1.165) is 24.5 Å². The molecule has 128 valence electrons. The Labute approximate surface area is 147 Å². The summed E-state index contributed by atoms with van der Waals surface area (Å²) in [7, 11) is 0. The van der Waals surface area contributed by atoms with Gasteiger partial charge in [-0.05, 0) is 26.0 Å². The van der Waals surface area contributed by atoms with E-state index in [0.29, 0.717) is 13.1 Å². The van der Waals surface area contributed by atoms with Gasteiger partial charge in [0.25, 0.3) is 0 Å². The minimum atomic E-state index is -0.0805. The molecule has 0 spiro atoms. The number of halogens is 1. The van der Waals surface area contributed by atoms with Crippen LogP contribution < -0.4 is 21.1 Å². The molecule has 1 aliphatic heterocycles. The van der Waals surface area contributed by atoms with Crippen LogP contribution in [0.4, 0.5) is 5.69 Å². The SMILES string of the molecule is Br.CC(C)Oc1ccccc1N1CCN(C(=N)N=C(N)N)CC1. The van der Waals surface area contributed by atoms with Gasteiger partial charge in [0.1, 0.15) is 5.75 Å². The lowest BCUT2D eigenvalue weighted by atomic mass is 10.2. The van der Waals surface area contributed by atoms with Crippen LogP contribution in [0.5, 0.6) is 5.75 Å². The number of piperazine rings is 1. The quantitative estimate of drug-likeness (QED) is 0.539. The Morgan fingerprint density at radius 2 is 1.78 bits per heavy atom. The first-order valence-corrected chi connectivity index (χ1v) is 7.41. The van der Waals surface area contributed by atoms with Crippen molar-refractivity contribution in [1.82, 2.24) is 4.90 Å². The molecule has 23 heavy (non-hydrogen) atoms. The molecule has 0 saturated carbocycles. The number of aliphatic imine (C=N–C) groups is 1. The smallest absolute Gasteiger partial charge is 0.221 e. The maximum Gasteiger partial charge on any atom is 0.221 e. The van der Waals surface area contributed by atoms with Gasteiger partial charge in [-0.2, -0.15) is 4.99 Å². The Morgan fingerprint density at radius 3 is 2.35 bits per heavy atom. The molecule has 0 radical (unpaired) electrons. The van der Waals surface area contributed by atoms with Gasteiger partial charge < -0.3 is 26.0 Å². The van der Waals surface area contributed by atoms with Gasteiger partial charge in [0.05, 0.1) is 11.8 Å². The first-order chi connectivity index (χ1) is 10.5. The number of para-hydroxylation sites is 2. The summed E-state index contributed by atoms with van der Waals surface area (Å²) < 4.78 is 5.87. The molecule has 2 rings (SSSR count). The van der Waals surface area contributed by atoms with Gasteiger partial charge >= 0.3 is 0 Å². The van der Waals surface area contributed by atoms with Crippen LogP contribution in [0, 0.1) is 5.41 Å². The van der Waals surface area contributed by atoms with Gasteiger partial charge in [-0.3, -0.25) is 5.41 Å². The number of guanidine groups is 2. The maximum absolute atomic E-state index is 7.85. The van der Waals surface area contributed by atoms with E-state index in [1.807, 2.05) is 36.9 Å². The van der Waals surface area contributed by atoms with Crippen molar-refractivity contribution in [1.29, 1.82) is 5.41 Å². The molecule has 0 atom stereocenters. The zero-order valence-corrected chi connectivity index (χ0v) is 15.2. The monoisotopic (exact) mass is 384 g/mol. The molecule has 0 amide bonds. The van der Waals surface area contributed by atoms with E-state index in [1.54, 1.807) is 0 Å². The Morgan fingerprint density at radius 1 is 1.17 bits per heavy atom. The second kappa shape index (κ2) is 8.61. The summed E-state index contributed by atoms with van der Waals surface area (Å²) >= 11 is 0. The molecule has 0 unspecified atom stereocenters. The number of hydrogen-bond donors (Lipinski definition) is 3. The van der Waals surface area contributed by atoms with Crippen molar-refractivity contribution in [2.45, 2.75) is 20.0 Å². The largest absolute Gasteiger partial charge is 0.489 e. The van der Waals surface area contributed by atoms with E-state index in [9.17, 15) is 0 Å². The van der Waals surface area contributed by atoms with Crippen molar-refractivity contribution >= 4 is 34.6 Å². The number of nitrogens with one attached hydrogen (secondary N) is 1. The normalized spacial score (nSPS) is 14.2. The van der Waals surface area contributed by atoms with Gasteiger partial charge in [0.15, 0.2) is 5.96 Å². The fraction of sp³-hybridized carbons (Fsp3) is 0.467. The Kier molecular flexibility index (Phi) is 7.15. The highest BCUT2D eigenvalue weighted by Crippen LogP contribution is 2.29. The van der Waals surface area contributed by atoms with Crippen molar-refractivity contribution in [3.8, 4) is 5.75 Å². The van der Waals surface area contributed by atoms with Crippen LogP contribution in [-0.2, 0) is 0 Å². The first kappa shape index (κ1) is 19.1. The molecule has 0 aromatic heterocycles. The van der Waals surface area contributed by atoms with Crippen LogP contribution in [0.2, 0.25) is 0 Å². The standard InChI is InChI=1S/C15H24N6O.BrH/c1-11(2)22-13-6-4-3-5-12(13)20-7-9-21(10-8-20)15(18)19-14(16)17;/h3-6,11H,7-10H2,1-2H3,(H5,16,17,18,19);1H. The first-order valence-electron chi connectivity index (χ1n) is 7.41. The molecule has 8 heteroatoms. The van der Waals surface area contributed by atoms with Crippen molar-refractivity contribution in [3.63, 3.8) is 0 Å². The highest BCUT2D eigenvalue weighted by molar-refractivity contribution is 8.93. The minimum Gasteiger partial charge on any atom is -0.489 e. The lowest BCUT2D eigenvalue weighted by molar-refractivity contribution is 0.242. The summed E-state index contributed by atoms with van der Waals surface area (Å²) in [5.74, 6) is 0.930. The van der Waals surface area contributed by atoms with Crippen molar-refractivity contribution in [2.24, 2.45) is 16.5 Å². The molecule has 1 fully saturated rings. The highest BCUT2D eigenvalue weighted by Gasteiger charge is 2.21. The van der Waals surface area contributed by atoms with Crippen LogP contribution >= 0.6 is 17.0 Å². The highest BCUT2D eigenvalue weighted by atomic mass is 79.9. The van der Waals surface area contributed by atoms with Gasteiger partial charge in [0, 0.05) is 26.2 Å². The van der Waals surface area contributed by atoms with E-state index < -0.39 is 0 Å². The van der Waals surface area contributed by atoms with Gasteiger partial charge in [-0.25, -0.2) is 0 Å². The van der Waals surface area contributed by atoms with Crippen molar-refractivity contribution in [2.75, 3.05) is 31.1 Å². The topological polar surface area (TPSA) is 104 Å². The summed E-state index contributed by atoms with van der Waals surface area (Å²) in [4.78, 5) is 7.92. The van der Waals surface area contributed by atoms with Crippen molar-refractivity contribution < 1.29 is 4.74 Å². The molecule has 1 saturated heterocycles. The van der Waals surface area contributed by atoms with Crippen LogP contribution in [0.3, 0.4) is 0 Å². The molecule has 1 aliphatic rings. The Hall–Kier alpha value is -1.96. The lowest BCUT2D eigenvalue weighted by Gasteiger charge is -2.37. The Balaban J connectivity index is 0.00000264. The third-order valence-electron chi connectivity index (χ3n) is 3.38. The lowest BCUT2D eigenvalue weighted by Crippen LogP contribution is -2.48. The van der Waals surface area contributed by atoms with E-state index in [4.69, 9.17) is 21.6 Å². The fourth-order valence-corrected chi connectivity index (χ4v) is 2.42. The van der Waals surface area contributed by atoms with E-state index in [2.05, 4.69) is 16.0 Å². The molecular weight excluding hydrogens is 360 g/mol. The predicted octanol–water partition coefficient (Wildman–Crippen LogP) is 1.38. The minimum absolute atomic E-state index is 0. The number of anilines is 1. The average Bonchev–Trinajstić information content (AvgIpc) is 2.47. The summed E-state index contributed by atoms with van der Waals surface area (Å²) in [5.41, 5.74) is 11.7. The number of rotatable bonds is 3. The molecule has 5 N–H and O–H groups in total. The second-order valence-corrected chi connectivity index (χ2v) is 5.47. The van der Waals surface area contributed by atoms with Crippen LogP contribution in [-0.4, -0.2) is 49.1 Å².